The van der Waals surface area contributed by atoms with Crippen LogP contribution in [0, 0.1) is 18.5 Å². The molecule has 0 amide bonds. The summed E-state index contributed by atoms with van der Waals surface area (Å²) in [6.07, 6.45) is 1.82. The number of ether oxygens (including phenoxy) is 2. The zero-order valence-corrected chi connectivity index (χ0v) is 30.6. The molecule has 0 saturated heterocycles. The van der Waals surface area contributed by atoms with Crippen molar-refractivity contribution in [1.82, 2.24) is 4.57 Å². The number of thiazole rings is 1. The van der Waals surface area contributed by atoms with Crippen LogP contribution in [0.1, 0.15) is 40.8 Å². The number of nitrogens with zero attached hydrogens (tertiary/aromatic N) is 3. The third kappa shape index (κ3) is 7.08. The first-order chi connectivity index (χ1) is 22.8. The van der Waals surface area contributed by atoms with Crippen molar-refractivity contribution in [3.05, 3.63) is 156 Å². The van der Waals surface area contributed by atoms with Crippen molar-refractivity contribution in [2.45, 2.75) is 19.6 Å². The maximum atomic E-state index is 14.4. The highest BCUT2D eigenvalue weighted by Crippen LogP contribution is 2.36. The van der Waals surface area contributed by atoms with Crippen molar-refractivity contribution in [3.8, 4) is 11.8 Å². The fourth-order valence-corrected chi connectivity index (χ4v) is 8.38. The Kier molecular flexibility index (Phi) is 10.3. The number of rotatable bonds is 8. The Bertz CT molecular complexity index is 2240. The summed E-state index contributed by atoms with van der Waals surface area (Å²) in [4.78, 5) is 33.4. The summed E-state index contributed by atoms with van der Waals surface area (Å²) in [5, 5.41) is 9.67. The number of esters is 1. The van der Waals surface area contributed by atoms with Gasteiger partial charge in [-0.1, -0.05) is 77.5 Å². The molecule has 7 nitrogen and oxygen atoms in total. The minimum absolute atomic E-state index is 0.165. The molecule has 1 atom stereocenters. The quantitative estimate of drug-likeness (QED) is 0.121. The normalized spacial score (nSPS) is 14.3. The van der Waals surface area contributed by atoms with Gasteiger partial charge in [0, 0.05) is 19.7 Å². The molecule has 0 radical (unpaired) electrons. The highest BCUT2D eigenvalue weighted by molar-refractivity contribution is 14.1. The first-order valence-corrected chi connectivity index (χ1v) is 17.8. The van der Waals surface area contributed by atoms with E-state index in [-0.39, 0.29) is 24.3 Å². The Morgan fingerprint density at radius 1 is 1.06 bits per heavy atom. The van der Waals surface area contributed by atoms with Crippen molar-refractivity contribution >= 4 is 85.9 Å². The van der Waals surface area contributed by atoms with Crippen LogP contribution in [0.5, 0.6) is 5.75 Å². The van der Waals surface area contributed by atoms with Crippen molar-refractivity contribution in [2.75, 3.05) is 6.61 Å². The van der Waals surface area contributed by atoms with Gasteiger partial charge in [0.1, 0.15) is 12.4 Å². The zero-order chi connectivity index (χ0) is 33.1. The molecule has 0 aliphatic carbocycles. The molecule has 11 heteroatoms. The van der Waals surface area contributed by atoms with E-state index >= 15 is 0 Å². The topological polar surface area (TPSA) is 93.7 Å². The molecule has 0 fully saturated rings. The number of halogens is 3. The van der Waals surface area contributed by atoms with Crippen LogP contribution in [0.3, 0.4) is 0 Å². The number of carbonyl (C=O) groups excluding carboxylic acids is 1. The summed E-state index contributed by atoms with van der Waals surface area (Å²) in [5.74, 6) is 0.0858. The van der Waals surface area contributed by atoms with E-state index in [1.807, 2.05) is 72.8 Å². The van der Waals surface area contributed by atoms with Gasteiger partial charge < -0.3 is 9.47 Å². The molecule has 2 heterocycles. The number of nitriles is 1. The minimum Gasteiger partial charge on any atom is -0.487 e. The van der Waals surface area contributed by atoms with Crippen molar-refractivity contribution in [1.29, 1.82) is 5.26 Å². The van der Waals surface area contributed by atoms with Crippen LogP contribution < -0.4 is 19.6 Å². The Morgan fingerprint density at radius 3 is 2.47 bits per heavy atom. The fourth-order valence-electron chi connectivity index (χ4n) is 5.21. The lowest BCUT2D eigenvalue weighted by Gasteiger charge is -2.26. The molecule has 6 rings (SSSR count). The van der Waals surface area contributed by atoms with E-state index < -0.39 is 12.0 Å². The third-order valence-electron chi connectivity index (χ3n) is 7.35. The highest BCUT2D eigenvalue weighted by Gasteiger charge is 2.35. The molecule has 0 saturated carbocycles. The smallest absolute Gasteiger partial charge is 0.338 e. The van der Waals surface area contributed by atoms with Gasteiger partial charge in [-0.15, -0.1) is 0 Å². The molecule has 1 aliphatic heterocycles. The fraction of sp³-hybridized carbons (Fsp3) is 0.111. The van der Waals surface area contributed by atoms with Crippen molar-refractivity contribution in [3.63, 3.8) is 0 Å². The van der Waals surface area contributed by atoms with Gasteiger partial charge in [-0.2, -0.15) is 5.26 Å². The SMILES string of the molecule is CCOC(=O)C1=C(c2ccccc2)N=c2s/c(=C\c3cc(I)cc(I)c3OCc3ccc(C#N)cc3)c(=O)n2[C@H]1c1ccc(Cl)cc1. The predicted octanol–water partition coefficient (Wildman–Crippen LogP) is 7.25. The molecule has 0 N–H and O–H groups in total. The van der Waals surface area contributed by atoms with Gasteiger partial charge in [-0.05, 0) is 106 Å². The first kappa shape index (κ1) is 33.1. The van der Waals surface area contributed by atoms with E-state index in [0.29, 0.717) is 36.9 Å². The van der Waals surface area contributed by atoms with E-state index in [0.717, 1.165) is 23.8 Å². The lowest BCUT2D eigenvalue weighted by atomic mass is 9.93. The lowest BCUT2D eigenvalue weighted by Crippen LogP contribution is -2.40. The van der Waals surface area contributed by atoms with Crippen LogP contribution >= 0.6 is 68.1 Å². The van der Waals surface area contributed by atoms with Gasteiger partial charge in [0.25, 0.3) is 5.56 Å². The Balaban J connectivity index is 1.54. The second kappa shape index (κ2) is 14.6. The van der Waals surface area contributed by atoms with Gasteiger partial charge in [0.05, 0.1) is 43.7 Å². The maximum Gasteiger partial charge on any atom is 0.338 e. The molecular weight excluding hydrogens is 860 g/mol. The minimum atomic E-state index is -0.803. The summed E-state index contributed by atoms with van der Waals surface area (Å²) >= 11 is 12.0. The zero-order valence-electron chi connectivity index (χ0n) is 24.7. The Hall–Kier alpha value is -3.77. The van der Waals surface area contributed by atoms with Crippen LogP contribution in [0.25, 0.3) is 11.8 Å². The van der Waals surface area contributed by atoms with Crippen molar-refractivity contribution in [2.24, 2.45) is 4.99 Å². The first-order valence-electron chi connectivity index (χ1n) is 14.4. The average Bonchev–Trinajstić information content (AvgIpc) is 3.38. The van der Waals surface area contributed by atoms with Gasteiger partial charge in [0.2, 0.25) is 0 Å². The second-order valence-corrected chi connectivity index (χ2v) is 14.2. The molecule has 0 unspecified atom stereocenters. The molecule has 1 aliphatic rings. The van der Waals surface area contributed by atoms with Crippen LogP contribution in [-0.4, -0.2) is 17.1 Å². The van der Waals surface area contributed by atoms with Crippen LogP contribution in [0.4, 0.5) is 0 Å². The van der Waals surface area contributed by atoms with Gasteiger partial charge >= 0.3 is 5.97 Å². The average molecular weight is 884 g/mol. The Morgan fingerprint density at radius 2 is 1.79 bits per heavy atom. The molecule has 5 aromatic rings. The van der Waals surface area contributed by atoms with Crippen molar-refractivity contribution < 1.29 is 14.3 Å². The Labute approximate surface area is 306 Å². The largest absolute Gasteiger partial charge is 0.487 e. The predicted molar refractivity (Wildman–Crippen MR) is 200 cm³/mol. The maximum absolute atomic E-state index is 14.4. The standard InChI is InChI=1S/C36H24ClI2N3O4S/c1-2-45-35(44)30-31(23-6-4-3-5-7-23)41-36-42(32(30)24-12-14-26(37)15-13-24)34(43)29(47-36)17-25-16-27(38)18-28(39)33(25)46-20-22-10-8-21(19-40)9-11-22/h3-18,32H,2,20H2,1H3/b29-17-/t32-/m0/s1. The summed E-state index contributed by atoms with van der Waals surface area (Å²) in [6, 6.07) is 29.1. The number of aromatic nitrogens is 1. The molecule has 0 spiro atoms. The number of fused-ring (bicyclic) bond motifs is 1. The number of hydrogen-bond acceptors (Lipinski definition) is 7. The van der Waals surface area contributed by atoms with Gasteiger partial charge in [-0.25, -0.2) is 9.79 Å². The molecule has 1 aromatic heterocycles. The lowest BCUT2D eigenvalue weighted by molar-refractivity contribution is -0.138. The van der Waals surface area contributed by atoms with Crippen LogP contribution in [-0.2, 0) is 16.1 Å². The van der Waals surface area contributed by atoms with Crippen LogP contribution in [0.15, 0.2) is 106 Å². The number of benzene rings is 4. The summed E-state index contributed by atoms with van der Waals surface area (Å²) in [7, 11) is 0. The summed E-state index contributed by atoms with van der Waals surface area (Å²) < 4.78 is 15.7. The summed E-state index contributed by atoms with van der Waals surface area (Å²) in [6.45, 7) is 2.19. The van der Waals surface area contributed by atoms with E-state index in [1.54, 1.807) is 35.8 Å². The molecule has 47 heavy (non-hydrogen) atoms. The molecule has 4 aromatic carbocycles. The van der Waals surface area contributed by atoms with E-state index in [4.69, 9.17) is 31.3 Å². The van der Waals surface area contributed by atoms with Gasteiger partial charge in [-0.3, -0.25) is 9.36 Å². The summed E-state index contributed by atoms with van der Waals surface area (Å²) in [5.41, 5.74) is 4.08. The van der Waals surface area contributed by atoms with Crippen LogP contribution in [0.2, 0.25) is 5.02 Å². The third-order valence-corrected chi connectivity index (χ3v) is 10.0. The highest BCUT2D eigenvalue weighted by atomic mass is 127. The second-order valence-electron chi connectivity index (χ2n) is 10.4. The van der Waals surface area contributed by atoms with E-state index in [2.05, 4.69) is 51.3 Å². The van der Waals surface area contributed by atoms with E-state index in [1.165, 1.54) is 11.3 Å². The molecular formula is C36H24ClI2N3O4S. The van der Waals surface area contributed by atoms with Gasteiger partial charge in [0.15, 0.2) is 4.80 Å². The monoisotopic (exact) mass is 883 g/mol. The number of hydrogen-bond donors (Lipinski definition) is 0. The molecule has 234 valence electrons. The molecule has 0 bridgehead atoms. The van der Waals surface area contributed by atoms with E-state index in [9.17, 15) is 9.59 Å². The number of carbonyl (C=O) groups is 1.